The lowest BCUT2D eigenvalue weighted by molar-refractivity contribution is 0.846. The number of nitrogen functional groups attached to an aromatic ring is 1. The van der Waals surface area contributed by atoms with Gasteiger partial charge in [0, 0.05) is 18.0 Å². The van der Waals surface area contributed by atoms with Crippen molar-refractivity contribution in [2.24, 2.45) is 12.9 Å². The summed E-state index contributed by atoms with van der Waals surface area (Å²) >= 11 is 0. The van der Waals surface area contributed by atoms with Gasteiger partial charge >= 0.3 is 0 Å². The van der Waals surface area contributed by atoms with Gasteiger partial charge in [-0.25, -0.2) is 15.8 Å². The van der Waals surface area contributed by atoms with E-state index in [1.807, 2.05) is 54.6 Å². The van der Waals surface area contributed by atoms with Crippen molar-refractivity contribution in [1.82, 2.24) is 14.5 Å². The van der Waals surface area contributed by atoms with Crippen molar-refractivity contribution in [2.45, 2.75) is 0 Å². The van der Waals surface area contributed by atoms with Crippen LogP contribution in [0, 0.1) is 0 Å². The summed E-state index contributed by atoms with van der Waals surface area (Å²) in [7, 11) is 1.64. The minimum Gasteiger partial charge on any atom is -0.294 e. The number of nitrogens with zero attached hydrogens (tertiary/aromatic N) is 3. The van der Waals surface area contributed by atoms with Gasteiger partial charge in [0.1, 0.15) is 5.52 Å². The monoisotopic (exact) mass is 317 g/mol. The second kappa shape index (κ2) is 5.43. The first-order chi connectivity index (χ1) is 11.7. The Morgan fingerprint density at radius 2 is 1.71 bits per heavy atom. The minimum absolute atomic E-state index is 0.163. The minimum atomic E-state index is -0.163. The zero-order valence-electron chi connectivity index (χ0n) is 13.0. The van der Waals surface area contributed by atoms with Crippen molar-refractivity contribution in [3.8, 4) is 11.3 Å². The maximum atomic E-state index is 12.9. The first-order valence-electron chi connectivity index (χ1n) is 7.52. The van der Waals surface area contributed by atoms with Crippen LogP contribution in [-0.2, 0) is 7.05 Å². The van der Waals surface area contributed by atoms with Crippen LogP contribution in [0.2, 0.25) is 0 Å². The molecule has 2 aromatic carbocycles. The average molecular weight is 317 g/mol. The Morgan fingerprint density at radius 3 is 2.46 bits per heavy atom. The molecule has 2 heterocycles. The Hall–Kier alpha value is -3.25. The number of benzene rings is 2. The van der Waals surface area contributed by atoms with Gasteiger partial charge in [0.25, 0.3) is 5.56 Å². The molecule has 0 aliphatic carbocycles. The van der Waals surface area contributed by atoms with Gasteiger partial charge in [-0.2, -0.15) is 0 Å². The van der Waals surface area contributed by atoms with Gasteiger partial charge < -0.3 is 0 Å². The van der Waals surface area contributed by atoms with E-state index in [9.17, 15) is 4.79 Å². The molecule has 4 rings (SSSR count). The fourth-order valence-corrected chi connectivity index (χ4v) is 2.90. The van der Waals surface area contributed by atoms with Crippen LogP contribution in [0.1, 0.15) is 0 Å². The molecule has 0 fully saturated rings. The smallest absolute Gasteiger partial charge is 0.263 e. The molecule has 0 radical (unpaired) electrons. The van der Waals surface area contributed by atoms with E-state index in [0.717, 1.165) is 16.5 Å². The highest BCUT2D eigenvalue weighted by atomic mass is 16.1. The number of para-hydroxylation sites is 1. The van der Waals surface area contributed by atoms with E-state index < -0.39 is 0 Å². The molecule has 0 aliphatic heterocycles. The van der Waals surface area contributed by atoms with Gasteiger partial charge in [0.15, 0.2) is 0 Å². The molecular weight excluding hydrogens is 302 g/mol. The van der Waals surface area contributed by atoms with Crippen molar-refractivity contribution in [2.75, 3.05) is 5.43 Å². The molecule has 24 heavy (non-hydrogen) atoms. The van der Waals surface area contributed by atoms with Crippen molar-refractivity contribution < 1.29 is 0 Å². The Kier molecular flexibility index (Phi) is 3.25. The predicted molar refractivity (Wildman–Crippen MR) is 95.5 cm³/mol. The van der Waals surface area contributed by atoms with Gasteiger partial charge in [-0.15, -0.1) is 0 Å². The van der Waals surface area contributed by atoms with Crippen molar-refractivity contribution in [3.63, 3.8) is 0 Å². The van der Waals surface area contributed by atoms with Gasteiger partial charge in [-0.1, -0.05) is 48.5 Å². The SMILES string of the molecule is Cn1c(NN)nc2c(-c3ccccc3)nc3ccccc3c2c1=O. The Morgan fingerprint density at radius 1 is 1.00 bits per heavy atom. The van der Waals surface area contributed by atoms with Crippen LogP contribution in [0.25, 0.3) is 33.1 Å². The van der Waals surface area contributed by atoms with Gasteiger partial charge in [0.2, 0.25) is 5.95 Å². The number of anilines is 1. The number of hydrazine groups is 1. The van der Waals surface area contributed by atoms with Crippen LogP contribution in [0.4, 0.5) is 5.95 Å². The van der Waals surface area contributed by atoms with Gasteiger partial charge in [-0.05, 0) is 6.07 Å². The Labute approximate surface area is 137 Å². The second-order valence-corrected chi connectivity index (χ2v) is 5.51. The molecule has 0 saturated heterocycles. The number of hydrogen-bond donors (Lipinski definition) is 2. The standard InChI is InChI=1S/C18H15N5O/c1-23-17(24)14-12-9-5-6-10-13(12)20-15(11-7-3-2-4-8-11)16(14)21-18(23)22-19/h2-10H,19H2,1H3,(H,21,22). The van der Waals surface area contributed by atoms with Crippen LogP contribution in [0.3, 0.4) is 0 Å². The van der Waals surface area contributed by atoms with E-state index in [-0.39, 0.29) is 5.56 Å². The molecule has 0 saturated carbocycles. The average Bonchev–Trinajstić information content (AvgIpc) is 2.64. The van der Waals surface area contributed by atoms with Crippen LogP contribution in [0.15, 0.2) is 59.4 Å². The highest BCUT2D eigenvalue weighted by molar-refractivity contribution is 6.09. The quantitative estimate of drug-likeness (QED) is 0.337. The highest BCUT2D eigenvalue weighted by Crippen LogP contribution is 2.29. The molecule has 0 amide bonds. The molecule has 0 atom stereocenters. The van der Waals surface area contributed by atoms with E-state index in [4.69, 9.17) is 10.8 Å². The molecule has 118 valence electrons. The molecule has 0 aliphatic rings. The summed E-state index contributed by atoms with van der Waals surface area (Å²) in [6.45, 7) is 0. The number of rotatable bonds is 2. The normalized spacial score (nSPS) is 11.1. The predicted octanol–water partition coefficient (Wildman–Crippen LogP) is 2.43. The Balaban J connectivity index is 2.27. The summed E-state index contributed by atoms with van der Waals surface area (Å²) < 4.78 is 1.41. The molecule has 0 spiro atoms. The number of nitrogens with one attached hydrogen (secondary N) is 1. The fraction of sp³-hybridized carbons (Fsp3) is 0.0556. The molecule has 6 heteroatoms. The summed E-state index contributed by atoms with van der Waals surface area (Å²) in [6, 6.07) is 17.3. The maximum absolute atomic E-state index is 12.9. The summed E-state index contributed by atoms with van der Waals surface area (Å²) in [5.74, 6) is 5.81. The lowest BCUT2D eigenvalue weighted by Crippen LogP contribution is -2.25. The first-order valence-corrected chi connectivity index (χ1v) is 7.52. The summed E-state index contributed by atoms with van der Waals surface area (Å²) in [5.41, 5.74) is 5.18. The third-order valence-electron chi connectivity index (χ3n) is 4.10. The molecule has 0 bridgehead atoms. The third kappa shape index (κ3) is 2.04. The first kappa shape index (κ1) is 14.3. The fourth-order valence-electron chi connectivity index (χ4n) is 2.90. The number of fused-ring (bicyclic) bond motifs is 3. The number of pyridine rings is 1. The molecule has 6 nitrogen and oxygen atoms in total. The number of hydrogen-bond acceptors (Lipinski definition) is 5. The van der Waals surface area contributed by atoms with E-state index >= 15 is 0 Å². The van der Waals surface area contributed by atoms with Crippen molar-refractivity contribution >= 4 is 27.8 Å². The van der Waals surface area contributed by atoms with Crippen molar-refractivity contribution in [1.29, 1.82) is 0 Å². The summed E-state index contributed by atoms with van der Waals surface area (Å²) in [4.78, 5) is 22.2. The third-order valence-corrected chi connectivity index (χ3v) is 4.10. The molecule has 4 aromatic rings. The molecule has 0 unspecified atom stereocenters. The molecular formula is C18H15N5O. The van der Waals surface area contributed by atoms with Gasteiger partial charge in [0.05, 0.1) is 16.6 Å². The largest absolute Gasteiger partial charge is 0.294 e. The van der Waals surface area contributed by atoms with E-state index in [1.165, 1.54) is 4.57 Å². The van der Waals surface area contributed by atoms with Crippen LogP contribution in [0.5, 0.6) is 0 Å². The van der Waals surface area contributed by atoms with Crippen LogP contribution >= 0.6 is 0 Å². The maximum Gasteiger partial charge on any atom is 0.263 e. The zero-order chi connectivity index (χ0) is 16.7. The lowest BCUT2D eigenvalue weighted by Gasteiger charge is -2.12. The number of nitrogens with two attached hydrogens (primary N) is 1. The summed E-state index contributed by atoms with van der Waals surface area (Å²) in [6.07, 6.45) is 0. The second-order valence-electron chi connectivity index (χ2n) is 5.51. The molecule has 2 aromatic heterocycles. The van der Waals surface area contributed by atoms with E-state index in [0.29, 0.717) is 22.5 Å². The lowest BCUT2D eigenvalue weighted by atomic mass is 10.0. The van der Waals surface area contributed by atoms with Crippen LogP contribution in [-0.4, -0.2) is 14.5 Å². The topological polar surface area (TPSA) is 85.8 Å². The van der Waals surface area contributed by atoms with E-state index in [2.05, 4.69) is 10.4 Å². The highest BCUT2D eigenvalue weighted by Gasteiger charge is 2.17. The van der Waals surface area contributed by atoms with E-state index in [1.54, 1.807) is 7.05 Å². The number of aromatic nitrogens is 3. The van der Waals surface area contributed by atoms with Gasteiger partial charge in [-0.3, -0.25) is 14.8 Å². The zero-order valence-corrected chi connectivity index (χ0v) is 13.0. The summed E-state index contributed by atoms with van der Waals surface area (Å²) in [5, 5.41) is 1.32. The molecule has 3 N–H and O–H groups in total. The van der Waals surface area contributed by atoms with Crippen molar-refractivity contribution in [3.05, 3.63) is 65.0 Å². The van der Waals surface area contributed by atoms with Crippen LogP contribution < -0.4 is 16.8 Å². The Bertz CT molecular complexity index is 1120.